The van der Waals surface area contributed by atoms with Gasteiger partial charge in [-0.3, -0.25) is 0 Å². The summed E-state index contributed by atoms with van der Waals surface area (Å²) in [6, 6.07) is 37.1. The molecule has 0 amide bonds. The number of fused-ring (bicyclic) bond motifs is 3. The normalized spacial score (nSPS) is 15.3. The van der Waals surface area contributed by atoms with Crippen LogP contribution in [-0.4, -0.2) is 0 Å². The molecule has 0 fully saturated rings. The van der Waals surface area contributed by atoms with Crippen LogP contribution >= 0.6 is 0 Å². The van der Waals surface area contributed by atoms with E-state index in [1.165, 1.54) is 50.1 Å². The molecule has 0 unspecified atom stereocenters. The highest BCUT2D eigenvalue weighted by atomic mass is 14.5. The Kier molecular flexibility index (Phi) is 6.07. The molecule has 6 rings (SSSR count). The summed E-state index contributed by atoms with van der Waals surface area (Å²) in [4.78, 5) is 0. The molecule has 196 valence electrons. The maximum atomic E-state index is 2.49. The molecule has 0 N–H and O–H groups in total. The summed E-state index contributed by atoms with van der Waals surface area (Å²) in [7, 11) is 0. The molecular weight excluding hydrogens is 468 g/mol. The standard InChI is InChI=1S/C39H40/c1-37(2,3)30-21-23-32-34(25-30)35-26-31(38(4,5)6)22-24-33(35)36(32)39(29-19-13-14-20-29,27-15-9-7-10-16-27)28-17-11-8-12-18-28/h7-19,21-26,36H,20H2,1-6H3. The summed E-state index contributed by atoms with van der Waals surface area (Å²) in [5.41, 5.74) is 12.5. The van der Waals surface area contributed by atoms with Crippen LogP contribution in [0, 0.1) is 0 Å². The Balaban J connectivity index is 1.73. The molecule has 0 atom stereocenters. The molecule has 0 bridgehead atoms. The van der Waals surface area contributed by atoms with Gasteiger partial charge in [0.15, 0.2) is 0 Å². The summed E-state index contributed by atoms with van der Waals surface area (Å²) in [5, 5.41) is 0. The third kappa shape index (κ3) is 4.13. The fourth-order valence-corrected chi connectivity index (χ4v) is 6.85. The maximum absolute atomic E-state index is 2.49. The molecule has 0 saturated heterocycles. The molecule has 4 aromatic rings. The fourth-order valence-electron chi connectivity index (χ4n) is 6.85. The molecule has 0 radical (unpaired) electrons. The second-order valence-electron chi connectivity index (χ2n) is 13.4. The summed E-state index contributed by atoms with van der Waals surface area (Å²) in [6.07, 6.45) is 7.91. The van der Waals surface area contributed by atoms with Gasteiger partial charge >= 0.3 is 0 Å². The fraction of sp³-hybridized carbons (Fsp3) is 0.282. The predicted octanol–water partition coefficient (Wildman–Crippen LogP) is 10.3. The van der Waals surface area contributed by atoms with E-state index < -0.39 is 0 Å². The average molecular weight is 509 g/mol. The summed E-state index contributed by atoms with van der Waals surface area (Å²) >= 11 is 0. The first kappa shape index (κ1) is 25.6. The van der Waals surface area contributed by atoms with E-state index >= 15 is 0 Å². The molecule has 0 aliphatic heterocycles. The van der Waals surface area contributed by atoms with Gasteiger partial charge < -0.3 is 0 Å². The monoisotopic (exact) mass is 508 g/mol. The first-order valence-electron chi connectivity index (χ1n) is 14.4. The van der Waals surface area contributed by atoms with Crippen LogP contribution in [0.25, 0.3) is 11.1 Å². The van der Waals surface area contributed by atoms with Crippen molar-refractivity contribution in [2.45, 2.75) is 70.1 Å². The molecule has 39 heavy (non-hydrogen) atoms. The van der Waals surface area contributed by atoms with Gasteiger partial charge in [0.25, 0.3) is 0 Å². The van der Waals surface area contributed by atoms with Crippen LogP contribution in [0.2, 0.25) is 0 Å². The van der Waals surface area contributed by atoms with E-state index in [2.05, 4.69) is 157 Å². The molecule has 0 aromatic heterocycles. The minimum absolute atomic E-state index is 0.0861. The lowest BCUT2D eigenvalue weighted by atomic mass is 9.58. The summed E-state index contributed by atoms with van der Waals surface area (Å²) in [5.74, 6) is 0.168. The van der Waals surface area contributed by atoms with E-state index in [1.807, 2.05) is 0 Å². The third-order valence-corrected chi connectivity index (χ3v) is 8.92. The van der Waals surface area contributed by atoms with Gasteiger partial charge in [-0.2, -0.15) is 0 Å². The number of benzene rings is 4. The van der Waals surface area contributed by atoms with E-state index in [0.717, 1.165) is 6.42 Å². The number of hydrogen-bond acceptors (Lipinski definition) is 0. The van der Waals surface area contributed by atoms with Gasteiger partial charge in [-0.25, -0.2) is 0 Å². The van der Waals surface area contributed by atoms with Crippen LogP contribution in [0.15, 0.2) is 121 Å². The van der Waals surface area contributed by atoms with Crippen LogP contribution in [0.5, 0.6) is 0 Å². The van der Waals surface area contributed by atoms with Crippen LogP contribution in [0.4, 0.5) is 0 Å². The maximum Gasteiger partial charge on any atom is 0.0526 e. The molecule has 2 aliphatic carbocycles. The van der Waals surface area contributed by atoms with Crippen LogP contribution in [0.3, 0.4) is 0 Å². The van der Waals surface area contributed by atoms with Gasteiger partial charge in [0, 0.05) is 5.92 Å². The number of allylic oxidation sites excluding steroid dienone is 4. The summed E-state index contributed by atoms with van der Waals surface area (Å²) < 4.78 is 0. The Morgan fingerprint density at radius 1 is 0.538 bits per heavy atom. The second kappa shape index (κ2) is 9.23. The third-order valence-electron chi connectivity index (χ3n) is 8.92. The molecule has 0 saturated carbocycles. The minimum atomic E-state index is -0.321. The Labute approximate surface area is 235 Å². The SMILES string of the molecule is CC(C)(C)c1ccc2c(c1)-c1cc(C(C)(C)C)ccc1C2C(C1=CC=CC1)(c1ccccc1)c1ccccc1. The van der Waals surface area contributed by atoms with E-state index in [1.54, 1.807) is 0 Å². The molecule has 4 aromatic carbocycles. The van der Waals surface area contributed by atoms with Crippen molar-refractivity contribution in [3.8, 4) is 11.1 Å². The highest BCUT2D eigenvalue weighted by Crippen LogP contribution is 2.60. The van der Waals surface area contributed by atoms with Gasteiger partial charge in [0.05, 0.1) is 5.41 Å². The average Bonchev–Trinajstić information content (AvgIpc) is 3.57. The molecule has 0 heteroatoms. The first-order valence-corrected chi connectivity index (χ1v) is 14.4. The number of rotatable bonds is 4. The van der Waals surface area contributed by atoms with Crippen molar-refractivity contribution in [2.75, 3.05) is 0 Å². The van der Waals surface area contributed by atoms with E-state index in [9.17, 15) is 0 Å². The summed E-state index contributed by atoms with van der Waals surface area (Å²) in [6.45, 7) is 13.9. The van der Waals surface area contributed by atoms with E-state index in [4.69, 9.17) is 0 Å². The number of hydrogen-bond donors (Lipinski definition) is 0. The van der Waals surface area contributed by atoms with Gasteiger partial charge in [0.1, 0.15) is 0 Å². The smallest absolute Gasteiger partial charge is 0.0526 e. The highest BCUT2D eigenvalue weighted by molar-refractivity contribution is 5.83. The Morgan fingerprint density at radius 2 is 1.00 bits per heavy atom. The minimum Gasteiger partial charge on any atom is -0.0804 e. The van der Waals surface area contributed by atoms with Crippen LogP contribution < -0.4 is 0 Å². The highest BCUT2D eigenvalue weighted by Gasteiger charge is 2.50. The van der Waals surface area contributed by atoms with Crippen LogP contribution in [0.1, 0.15) is 87.3 Å². The van der Waals surface area contributed by atoms with Crippen molar-refractivity contribution < 1.29 is 0 Å². The molecule has 0 spiro atoms. The van der Waals surface area contributed by atoms with Crippen molar-refractivity contribution in [3.05, 3.63) is 154 Å². The van der Waals surface area contributed by atoms with Crippen molar-refractivity contribution >= 4 is 0 Å². The lowest BCUT2D eigenvalue weighted by Crippen LogP contribution is -2.37. The van der Waals surface area contributed by atoms with E-state index in [-0.39, 0.29) is 22.2 Å². The van der Waals surface area contributed by atoms with Crippen molar-refractivity contribution in [2.24, 2.45) is 0 Å². The van der Waals surface area contributed by atoms with Crippen LogP contribution in [-0.2, 0) is 16.2 Å². The quantitative estimate of drug-likeness (QED) is 0.257. The van der Waals surface area contributed by atoms with Crippen molar-refractivity contribution in [3.63, 3.8) is 0 Å². The Hall–Kier alpha value is -3.64. The lowest BCUT2D eigenvalue weighted by Gasteiger charge is -2.43. The van der Waals surface area contributed by atoms with Crippen molar-refractivity contribution in [1.29, 1.82) is 0 Å². The van der Waals surface area contributed by atoms with Gasteiger partial charge in [0.2, 0.25) is 0 Å². The van der Waals surface area contributed by atoms with Gasteiger partial charge in [-0.15, -0.1) is 0 Å². The Morgan fingerprint density at radius 3 is 1.38 bits per heavy atom. The topological polar surface area (TPSA) is 0 Å². The van der Waals surface area contributed by atoms with Crippen molar-refractivity contribution in [1.82, 2.24) is 0 Å². The molecule has 2 aliphatic rings. The zero-order valence-corrected chi connectivity index (χ0v) is 24.3. The lowest BCUT2D eigenvalue weighted by molar-refractivity contribution is 0.526. The van der Waals surface area contributed by atoms with E-state index in [0.29, 0.717) is 0 Å². The largest absolute Gasteiger partial charge is 0.0804 e. The molecule has 0 heterocycles. The zero-order chi connectivity index (χ0) is 27.4. The molecule has 0 nitrogen and oxygen atoms in total. The zero-order valence-electron chi connectivity index (χ0n) is 24.3. The molecular formula is C39H40. The predicted molar refractivity (Wildman–Crippen MR) is 167 cm³/mol. The second-order valence-corrected chi connectivity index (χ2v) is 13.4. The van der Waals surface area contributed by atoms with Gasteiger partial charge in [-0.05, 0) is 61.8 Å². The Bertz CT molecular complexity index is 1460. The van der Waals surface area contributed by atoms with Gasteiger partial charge in [-0.1, -0.05) is 162 Å². The first-order chi connectivity index (χ1) is 18.6.